The summed E-state index contributed by atoms with van der Waals surface area (Å²) in [4.78, 5) is 0. The summed E-state index contributed by atoms with van der Waals surface area (Å²) >= 11 is 0. The van der Waals surface area contributed by atoms with Gasteiger partial charge >= 0.3 is 0 Å². The fraction of sp³-hybridized carbons (Fsp3) is 0.400. The van der Waals surface area contributed by atoms with E-state index in [1.165, 1.54) is 5.56 Å². The number of halogens is 1. The van der Waals surface area contributed by atoms with Gasteiger partial charge in [0, 0.05) is 12.6 Å². The van der Waals surface area contributed by atoms with Crippen molar-refractivity contribution in [2.45, 2.75) is 26.4 Å². The Balaban J connectivity index is 0.00000144. The molecule has 0 aromatic heterocycles. The van der Waals surface area contributed by atoms with Crippen LogP contribution in [-0.2, 0) is 6.54 Å². The van der Waals surface area contributed by atoms with Crippen molar-refractivity contribution in [2.24, 2.45) is 0 Å². The molecule has 3 heteroatoms. The minimum absolute atomic E-state index is 0. The van der Waals surface area contributed by atoms with E-state index in [0.717, 1.165) is 6.54 Å². The van der Waals surface area contributed by atoms with Crippen molar-refractivity contribution >= 4 is 12.4 Å². The molecule has 2 N–H and O–H groups in total. The van der Waals surface area contributed by atoms with Gasteiger partial charge in [0.25, 0.3) is 0 Å². The van der Waals surface area contributed by atoms with Crippen molar-refractivity contribution in [1.29, 1.82) is 0 Å². The molecule has 0 heterocycles. The van der Waals surface area contributed by atoms with Crippen molar-refractivity contribution in [3.8, 4) is 5.75 Å². The van der Waals surface area contributed by atoms with Gasteiger partial charge in [0.05, 0.1) is 0 Å². The molecule has 2 nitrogen and oxygen atoms in total. The van der Waals surface area contributed by atoms with Crippen LogP contribution in [0.5, 0.6) is 5.75 Å². The van der Waals surface area contributed by atoms with Gasteiger partial charge in [0.2, 0.25) is 0 Å². The Bertz CT molecular complexity index is 233. The quantitative estimate of drug-likeness (QED) is 0.787. The predicted molar refractivity (Wildman–Crippen MR) is 57.3 cm³/mol. The van der Waals surface area contributed by atoms with E-state index in [1.54, 1.807) is 12.1 Å². The van der Waals surface area contributed by atoms with Gasteiger partial charge in [-0.05, 0) is 17.7 Å². The third-order valence-corrected chi connectivity index (χ3v) is 1.65. The highest BCUT2D eigenvalue weighted by atomic mass is 35.5. The van der Waals surface area contributed by atoms with Crippen LogP contribution in [0.3, 0.4) is 0 Å². The highest BCUT2D eigenvalue weighted by molar-refractivity contribution is 5.85. The van der Waals surface area contributed by atoms with Gasteiger partial charge in [0.15, 0.2) is 0 Å². The summed E-state index contributed by atoms with van der Waals surface area (Å²) < 4.78 is 0. The van der Waals surface area contributed by atoms with Crippen LogP contribution < -0.4 is 5.32 Å². The number of phenols is 1. The predicted octanol–water partition coefficient (Wildman–Crippen LogP) is 2.31. The zero-order chi connectivity index (χ0) is 8.97. The first-order chi connectivity index (χ1) is 5.68. The lowest BCUT2D eigenvalue weighted by atomic mass is 10.2. The van der Waals surface area contributed by atoms with Crippen LogP contribution in [0.15, 0.2) is 24.3 Å². The second kappa shape index (κ2) is 5.84. The molecule has 0 aliphatic rings. The second-order valence-electron chi connectivity index (χ2n) is 3.20. The molecular formula is C10H16ClNO. The van der Waals surface area contributed by atoms with Crippen LogP contribution in [0, 0.1) is 0 Å². The average Bonchev–Trinajstić information content (AvgIpc) is 2.03. The van der Waals surface area contributed by atoms with E-state index < -0.39 is 0 Å². The van der Waals surface area contributed by atoms with E-state index in [9.17, 15) is 0 Å². The van der Waals surface area contributed by atoms with E-state index in [-0.39, 0.29) is 12.4 Å². The van der Waals surface area contributed by atoms with Gasteiger partial charge in [-0.25, -0.2) is 0 Å². The van der Waals surface area contributed by atoms with Crippen molar-refractivity contribution in [3.05, 3.63) is 29.8 Å². The first-order valence-corrected chi connectivity index (χ1v) is 4.20. The van der Waals surface area contributed by atoms with Gasteiger partial charge in [0.1, 0.15) is 5.75 Å². The summed E-state index contributed by atoms with van der Waals surface area (Å²) in [5.41, 5.74) is 1.20. The average molecular weight is 202 g/mol. The molecule has 0 bridgehead atoms. The van der Waals surface area contributed by atoms with E-state index in [4.69, 9.17) is 5.11 Å². The molecule has 0 unspecified atom stereocenters. The van der Waals surface area contributed by atoms with E-state index in [2.05, 4.69) is 19.2 Å². The molecule has 0 aliphatic heterocycles. The van der Waals surface area contributed by atoms with Crippen LogP contribution >= 0.6 is 12.4 Å². The Labute approximate surface area is 85.4 Å². The lowest BCUT2D eigenvalue weighted by Crippen LogP contribution is -2.21. The minimum Gasteiger partial charge on any atom is -0.508 e. The van der Waals surface area contributed by atoms with Crippen molar-refractivity contribution in [3.63, 3.8) is 0 Å². The fourth-order valence-electron chi connectivity index (χ4n) is 0.936. The smallest absolute Gasteiger partial charge is 0.115 e. The van der Waals surface area contributed by atoms with E-state index >= 15 is 0 Å². The first-order valence-electron chi connectivity index (χ1n) is 4.20. The summed E-state index contributed by atoms with van der Waals surface area (Å²) in [7, 11) is 0. The summed E-state index contributed by atoms with van der Waals surface area (Å²) in [6, 6.07) is 7.75. The molecule has 0 radical (unpaired) electrons. The van der Waals surface area contributed by atoms with Gasteiger partial charge in [-0.1, -0.05) is 26.0 Å². The van der Waals surface area contributed by atoms with Gasteiger partial charge in [-0.3, -0.25) is 0 Å². The third kappa shape index (κ3) is 4.76. The lowest BCUT2D eigenvalue weighted by Gasteiger charge is -2.07. The van der Waals surface area contributed by atoms with Gasteiger partial charge < -0.3 is 10.4 Å². The maximum atomic E-state index is 9.01. The molecular weight excluding hydrogens is 186 g/mol. The highest BCUT2D eigenvalue weighted by Crippen LogP contribution is 2.09. The Morgan fingerprint density at radius 3 is 2.23 bits per heavy atom. The summed E-state index contributed by atoms with van der Waals surface area (Å²) in [5.74, 6) is 0.322. The normalized spacial score (nSPS) is 9.77. The first kappa shape index (κ1) is 12.3. The van der Waals surface area contributed by atoms with E-state index in [1.807, 2.05) is 12.1 Å². The zero-order valence-corrected chi connectivity index (χ0v) is 8.77. The Morgan fingerprint density at radius 1 is 1.23 bits per heavy atom. The van der Waals surface area contributed by atoms with Crippen molar-refractivity contribution in [1.82, 2.24) is 5.32 Å². The Kier molecular flexibility index (Phi) is 5.51. The molecule has 1 aromatic carbocycles. The van der Waals surface area contributed by atoms with Crippen LogP contribution in [0.4, 0.5) is 0 Å². The number of aromatic hydroxyl groups is 1. The van der Waals surface area contributed by atoms with Gasteiger partial charge in [-0.15, -0.1) is 12.4 Å². The number of hydrogen-bond donors (Lipinski definition) is 2. The molecule has 0 atom stereocenters. The number of benzene rings is 1. The Hall–Kier alpha value is -0.730. The Morgan fingerprint density at radius 2 is 1.77 bits per heavy atom. The molecule has 0 aliphatic carbocycles. The zero-order valence-electron chi connectivity index (χ0n) is 7.95. The molecule has 1 rings (SSSR count). The molecule has 0 amide bonds. The number of nitrogens with one attached hydrogen (secondary N) is 1. The maximum absolute atomic E-state index is 9.01. The standard InChI is InChI=1S/C10H15NO.ClH/c1-8(2)11-7-9-3-5-10(12)6-4-9;/h3-6,8,11-12H,7H2,1-2H3;1H. The summed E-state index contributed by atoms with van der Waals surface area (Å²) in [6.07, 6.45) is 0. The van der Waals surface area contributed by atoms with Crippen LogP contribution in [0.1, 0.15) is 19.4 Å². The summed E-state index contributed by atoms with van der Waals surface area (Å²) in [6.45, 7) is 5.08. The van der Waals surface area contributed by atoms with Crippen molar-refractivity contribution in [2.75, 3.05) is 0 Å². The molecule has 0 saturated heterocycles. The molecule has 0 fully saturated rings. The molecule has 0 saturated carbocycles. The van der Waals surface area contributed by atoms with Crippen LogP contribution in [0.25, 0.3) is 0 Å². The maximum Gasteiger partial charge on any atom is 0.115 e. The fourth-order valence-corrected chi connectivity index (χ4v) is 0.936. The molecule has 0 spiro atoms. The minimum atomic E-state index is 0. The summed E-state index contributed by atoms with van der Waals surface area (Å²) in [5, 5.41) is 12.3. The van der Waals surface area contributed by atoms with Crippen LogP contribution in [-0.4, -0.2) is 11.1 Å². The highest BCUT2D eigenvalue weighted by Gasteiger charge is 1.94. The second-order valence-corrected chi connectivity index (χ2v) is 3.20. The number of rotatable bonds is 3. The van der Waals surface area contributed by atoms with Crippen molar-refractivity contribution < 1.29 is 5.11 Å². The topological polar surface area (TPSA) is 32.3 Å². The SMILES string of the molecule is CC(C)NCc1ccc(O)cc1.Cl. The lowest BCUT2D eigenvalue weighted by molar-refractivity contribution is 0.475. The van der Waals surface area contributed by atoms with Crippen LogP contribution in [0.2, 0.25) is 0 Å². The molecule has 1 aromatic rings. The van der Waals surface area contributed by atoms with E-state index in [0.29, 0.717) is 11.8 Å². The largest absolute Gasteiger partial charge is 0.508 e. The monoisotopic (exact) mass is 201 g/mol. The molecule has 74 valence electrons. The molecule has 13 heavy (non-hydrogen) atoms. The number of phenolic OH excluding ortho intramolecular Hbond substituents is 1. The number of hydrogen-bond acceptors (Lipinski definition) is 2. The third-order valence-electron chi connectivity index (χ3n) is 1.65. The van der Waals surface area contributed by atoms with Gasteiger partial charge in [-0.2, -0.15) is 0 Å².